The molecule has 1 aliphatic heterocycles. The first-order valence-corrected chi connectivity index (χ1v) is 4.84. The molecular weight excluding hydrogens is 172 g/mol. The van der Waals surface area contributed by atoms with Crippen LogP contribution < -0.4 is 5.32 Å². The summed E-state index contributed by atoms with van der Waals surface area (Å²) in [4.78, 5) is 0. The standard InChI is InChI=1S/C12H12N2/c13-9-11(12-7-4-8-14-12)10-5-2-1-3-6-10/h1-3,5-6,14H,4,7-8H2/b12-11-. The molecule has 0 bridgehead atoms. The fourth-order valence-electron chi connectivity index (χ4n) is 1.72. The van der Waals surface area contributed by atoms with E-state index < -0.39 is 0 Å². The highest BCUT2D eigenvalue weighted by Crippen LogP contribution is 2.22. The quantitative estimate of drug-likeness (QED) is 0.680. The molecule has 1 fully saturated rings. The third kappa shape index (κ3) is 1.62. The van der Waals surface area contributed by atoms with Crippen LogP contribution in [0.1, 0.15) is 18.4 Å². The van der Waals surface area contributed by atoms with Crippen LogP contribution in [-0.2, 0) is 0 Å². The molecule has 0 unspecified atom stereocenters. The summed E-state index contributed by atoms with van der Waals surface area (Å²) in [5, 5.41) is 12.4. The van der Waals surface area contributed by atoms with Gasteiger partial charge in [-0.15, -0.1) is 0 Å². The van der Waals surface area contributed by atoms with Crippen LogP contribution in [0.5, 0.6) is 0 Å². The van der Waals surface area contributed by atoms with Crippen molar-refractivity contribution in [1.82, 2.24) is 5.32 Å². The SMILES string of the molecule is N#C/C(=C1\CCCN1)c1ccccc1. The minimum Gasteiger partial charge on any atom is -0.387 e. The number of nitrogens with zero attached hydrogens (tertiary/aromatic N) is 1. The Balaban J connectivity index is 2.40. The predicted octanol–water partition coefficient (Wildman–Crippen LogP) is 2.30. The number of hydrogen-bond donors (Lipinski definition) is 1. The Morgan fingerprint density at radius 2 is 2.07 bits per heavy atom. The Morgan fingerprint density at radius 1 is 1.29 bits per heavy atom. The third-order valence-electron chi connectivity index (χ3n) is 2.42. The van der Waals surface area contributed by atoms with Crippen LogP contribution >= 0.6 is 0 Å². The van der Waals surface area contributed by atoms with Crippen molar-refractivity contribution < 1.29 is 0 Å². The van der Waals surface area contributed by atoms with Crippen molar-refractivity contribution in [3.8, 4) is 6.07 Å². The van der Waals surface area contributed by atoms with E-state index in [0.717, 1.165) is 36.2 Å². The van der Waals surface area contributed by atoms with E-state index in [-0.39, 0.29) is 0 Å². The van der Waals surface area contributed by atoms with Gasteiger partial charge in [0.05, 0.1) is 5.57 Å². The Bertz CT molecular complexity index is 377. The highest BCUT2D eigenvalue weighted by atomic mass is 14.9. The average molecular weight is 184 g/mol. The predicted molar refractivity (Wildman–Crippen MR) is 56.2 cm³/mol. The molecule has 0 saturated carbocycles. The summed E-state index contributed by atoms with van der Waals surface area (Å²) in [5.41, 5.74) is 2.90. The van der Waals surface area contributed by atoms with Crippen molar-refractivity contribution in [2.75, 3.05) is 6.54 Å². The third-order valence-corrected chi connectivity index (χ3v) is 2.42. The highest BCUT2D eigenvalue weighted by Gasteiger charge is 2.12. The second-order valence-corrected chi connectivity index (χ2v) is 3.36. The summed E-state index contributed by atoms with van der Waals surface area (Å²) in [6.07, 6.45) is 2.13. The zero-order valence-corrected chi connectivity index (χ0v) is 7.96. The van der Waals surface area contributed by atoms with Crippen molar-refractivity contribution in [3.05, 3.63) is 41.6 Å². The molecule has 2 rings (SSSR count). The molecule has 1 aliphatic rings. The average Bonchev–Trinajstić information content (AvgIpc) is 2.74. The molecule has 0 aromatic heterocycles. The minimum absolute atomic E-state index is 0.795. The van der Waals surface area contributed by atoms with Crippen molar-refractivity contribution in [3.63, 3.8) is 0 Å². The first-order valence-electron chi connectivity index (χ1n) is 4.84. The van der Waals surface area contributed by atoms with Gasteiger partial charge in [0, 0.05) is 12.2 Å². The Hall–Kier alpha value is -1.75. The zero-order valence-electron chi connectivity index (χ0n) is 7.96. The van der Waals surface area contributed by atoms with Crippen LogP contribution in [-0.4, -0.2) is 6.54 Å². The molecule has 2 nitrogen and oxygen atoms in total. The highest BCUT2D eigenvalue weighted by molar-refractivity contribution is 5.79. The van der Waals surface area contributed by atoms with Crippen LogP contribution in [0.25, 0.3) is 5.57 Å². The maximum Gasteiger partial charge on any atom is 0.102 e. The van der Waals surface area contributed by atoms with Gasteiger partial charge in [-0.1, -0.05) is 30.3 Å². The van der Waals surface area contributed by atoms with Gasteiger partial charge in [0.15, 0.2) is 0 Å². The monoisotopic (exact) mass is 184 g/mol. The summed E-state index contributed by atoms with van der Waals surface area (Å²) >= 11 is 0. The van der Waals surface area contributed by atoms with E-state index in [1.807, 2.05) is 30.3 Å². The summed E-state index contributed by atoms with van der Waals surface area (Å²) in [5.74, 6) is 0. The molecule has 0 amide bonds. The molecule has 1 saturated heterocycles. The summed E-state index contributed by atoms with van der Waals surface area (Å²) < 4.78 is 0. The summed E-state index contributed by atoms with van der Waals surface area (Å²) in [6.45, 7) is 0.993. The van der Waals surface area contributed by atoms with Gasteiger partial charge < -0.3 is 5.32 Å². The first kappa shape index (κ1) is 8.83. The van der Waals surface area contributed by atoms with Gasteiger partial charge in [0.25, 0.3) is 0 Å². The maximum absolute atomic E-state index is 9.09. The van der Waals surface area contributed by atoms with E-state index >= 15 is 0 Å². The lowest BCUT2D eigenvalue weighted by Gasteiger charge is -2.03. The van der Waals surface area contributed by atoms with Crippen molar-refractivity contribution in [2.45, 2.75) is 12.8 Å². The van der Waals surface area contributed by atoms with Gasteiger partial charge in [-0.3, -0.25) is 0 Å². The van der Waals surface area contributed by atoms with E-state index in [9.17, 15) is 0 Å². The molecule has 14 heavy (non-hydrogen) atoms. The molecule has 1 aromatic carbocycles. The Kier molecular flexibility index (Phi) is 2.51. The molecule has 1 aromatic rings. The normalized spacial score (nSPS) is 18.5. The number of benzene rings is 1. The number of allylic oxidation sites excluding steroid dienone is 2. The van der Waals surface area contributed by atoms with Crippen molar-refractivity contribution >= 4 is 5.57 Å². The van der Waals surface area contributed by atoms with Crippen LogP contribution in [0, 0.1) is 11.3 Å². The lowest BCUT2D eigenvalue weighted by atomic mass is 10.0. The number of rotatable bonds is 1. The topological polar surface area (TPSA) is 35.8 Å². The van der Waals surface area contributed by atoms with Gasteiger partial charge >= 0.3 is 0 Å². The number of nitriles is 1. The zero-order chi connectivity index (χ0) is 9.80. The summed E-state index contributed by atoms with van der Waals surface area (Å²) in [7, 11) is 0. The molecule has 0 atom stereocenters. The first-order chi connectivity index (χ1) is 6.92. The molecule has 0 spiro atoms. The second-order valence-electron chi connectivity index (χ2n) is 3.36. The lowest BCUT2D eigenvalue weighted by Crippen LogP contribution is -2.05. The molecule has 0 radical (unpaired) electrons. The van der Waals surface area contributed by atoms with Crippen LogP contribution in [0.4, 0.5) is 0 Å². The molecule has 0 aliphatic carbocycles. The van der Waals surface area contributed by atoms with E-state index in [2.05, 4.69) is 11.4 Å². The van der Waals surface area contributed by atoms with E-state index in [4.69, 9.17) is 5.26 Å². The maximum atomic E-state index is 9.09. The molecule has 1 N–H and O–H groups in total. The van der Waals surface area contributed by atoms with E-state index in [1.165, 1.54) is 0 Å². The van der Waals surface area contributed by atoms with Crippen molar-refractivity contribution in [2.24, 2.45) is 0 Å². The molecular formula is C12H12N2. The molecule has 70 valence electrons. The Labute approximate surface area is 83.9 Å². The van der Waals surface area contributed by atoms with Crippen molar-refractivity contribution in [1.29, 1.82) is 5.26 Å². The van der Waals surface area contributed by atoms with Crippen LogP contribution in [0.2, 0.25) is 0 Å². The fourth-order valence-corrected chi connectivity index (χ4v) is 1.72. The fraction of sp³-hybridized carbons (Fsp3) is 0.250. The molecule has 1 heterocycles. The van der Waals surface area contributed by atoms with Gasteiger partial charge in [-0.2, -0.15) is 5.26 Å². The van der Waals surface area contributed by atoms with Crippen LogP contribution in [0.3, 0.4) is 0 Å². The largest absolute Gasteiger partial charge is 0.387 e. The van der Waals surface area contributed by atoms with Gasteiger partial charge in [-0.05, 0) is 18.4 Å². The van der Waals surface area contributed by atoms with Crippen LogP contribution in [0.15, 0.2) is 36.0 Å². The smallest absolute Gasteiger partial charge is 0.102 e. The minimum atomic E-state index is 0.795. The Morgan fingerprint density at radius 3 is 2.64 bits per heavy atom. The summed E-state index contributed by atoms with van der Waals surface area (Å²) in [6, 6.07) is 12.1. The lowest BCUT2D eigenvalue weighted by molar-refractivity contribution is 0.904. The van der Waals surface area contributed by atoms with Gasteiger partial charge in [0.1, 0.15) is 6.07 Å². The van der Waals surface area contributed by atoms with Gasteiger partial charge in [0.2, 0.25) is 0 Å². The second kappa shape index (κ2) is 3.97. The number of nitrogens with one attached hydrogen (secondary N) is 1. The van der Waals surface area contributed by atoms with E-state index in [1.54, 1.807) is 0 Å². The number of hydrogen-bond acceptors (Lipinski definition) is 2. The van der Waals surface area contributed by atoms with Gasteiger partial charge in [-0.25, -0.2) is 0 Å². The molecule has 2 heteroatoms. The van der Waals surface area contributed by atoms with E-state index in [0.29, 0.717) is 0 Å².